The normalized spacial score (nSPS) is 10.8. The van der Waals surface area contributed by atoms with Crippen molar-refractivity contribution in [2.75, 3.05) is 0 Å². The van der Waals surface area contributed by atoms with Crippen molar-refractivity contribution in [1.82, 2.24) is 4.98 Å². The van der Waals surface area contributed by atoms with Crippen LogP contribution in [0, 0.1) is 23.2 Å². The molecule has 0 amide bonds. The Labute approximate surface area is 76.7 Å². The summed E-state index contributed by atoms with van der Waals surface area (Å²) in [5.74, 6) is 5.20. The average Bonchev–Trinajstić information content (AvgIpc) is 2.15. The molecule has 1 aromatic heterocycles. The van der Waals surface area contributed by atoms with Crippen LogP contribution in [0.15, 0.2) is 18.2 Å². The van der Waals surface area contributed by atoms with Crippen molar-refractivity contribution in [3.05, 3.63) is 29.6 Å². The van der Waals surface area contributed by atoms with E-state index >= 15 is 0 Å². The Morgan fingerprint density at radius 3 is 2.77 bits per heavy atom. The van der Waals surface area contributed by atoms with E-state index in [1.54, 1.807) is 25.1 Å². The van der Waals surface area contributed by atoms with Crippen molar-refractivity contribution >= 4 is 0 Å². The van der Waals surface area contributed by atoms with E-state index in [-0.39, 0.29) is 0 Å². The number of pyridine rings is 1. The predicted molar refractivity (Wildman–Crippen MR) is 47.5 cm³/mol. The zero-order chi connectivity index (χ0) is 9.68. The fourth-order valence-electron chi connectivity index (χ4n) is 0.745. The van der Waals surface area contributed by atoms with E-state index in [0.29, 0.717) is 11.4 Å². The molecular formula is C10H8N2O. The Morgan fingerprint density at radius 2 is 2.15 bits per heavy atom. The van der Waals surface area contributed by atoms with Gasteiger partial charge in [-0.25, -0.2) is 4.98 Å². The minimum atomic E-state index is -0.674. The van der Waals surface area contributed by atoms with Crippen LogP contribution in [0.5, 0.6) is 0 Å². The number of aromatic nitrogens is 1. The number of nitriles is 1. The average molecular weight is 172 g/mol. The van der Waals surface area contributed by atoms with E-state index in [4.69, 9.17) is 10.4 Å². The quantitative estimate of drug-likeness (QED) is 0.585. The van der Waals surface area contributed by atoms with E-state index in [9.17, 15) is 0 Å². The number of hydrogen-bond donors (Lipinski definition) is 1. The number of aliphatic hydroxyl groups is 1. The van der Waals surface area contributed by atoms with Gasteiger partial charge in [0, 0.05) is 0 Å². The van der Waals surface area contributed by atoms with Gasteiger partial charge < -0.3 is 5.11 Å². The standard InChI is InChI=1S/C10H8N2O/c1-8(13)5-6-9-3-2-4-10(7-11)12-9/h2-4,8,13H,1H3/t8-/m0/s1. The van der Waals surface area contributed by atoms with Crippen molar-refractivity contribution in [1.29, 1.82) is 5.26 Å². The summed E-state index contributed by atoms with van der Waals surface area (Å²) in [6, 6.07) is 6.91. The minimum absolute atomic E-state index is 0.331. The van der Waals surface area contributed by atoms with Crippen LogP contribution < -0.4 is 0 Å². The summed E-state index contributed by atoms with van der Waals surface area (Å²) in [5, 5.41) is 17.4. The Hall–Kier alpha value is -1.84. The lowest BCUT2D eigenvalue weighted by Crippen LogP contribution is -1.93. The molecule has 1 aromatic rings. The molecule has 3 heteroatoms. The fourth-order valence-corrected chi connectivity index (χ4v) is 0.745. The minimum Gasteiger partial charge on any atom is -0.381 e. The Bertz CT molecular complexity index is 393. The van der Waals surface area contributed by atoms with Gasteiger partial charge in [0.1, 0.15) is 23.6 Å². The van der Waals surface area contributed by atoms with Gasteiger partial charge in [0.05, 0.1) is 0 Å². The molecule has 0 unspecified atom stereocenters. The Balaban J connectivity index is 2.93. The molecule has 1 heterocycles. The van der Waals surface area contributed by atoms with Crippen LogP contribution in [0.4, 0.5) is 0 Å². The summed E-state index contributed by atoms with van der Waals surface area (Å²) in [7, 11) is 0. The summed E-state index contributed by atoms with van der Waals surface area (Å²) < 4.78 is 0. The maximum atomic E-state index is 8.87. The third kappa shape index (κ3) is 2.94. The van der Waals surface area contributed by atoms with Gasteiger partial charge in [-0.15, -0.1) is 0 Å². The van der Waals surface area contributed by atoms with E-state index < -0.39 is 6.10 Å². The lowest BCUT2D eigenvalue weighted by atomic mass is 10.3. The Kier molecular flexibility index (Phi) is 3.03. The first-order chi connectivity index (χ1) is 6.22. The van der Waals surface area contributed by atoms with Gasteiger partial charge >= 0.3 is 0 Å². The van der Waals surface area contributed by atoms with Crippen LogP contribution in [0.2, 0.25) is 0 Å². The third-order valence-electron chi connectivity index (χ3n) is 1.27. The molecule has 0 aliphatic rings. The molecule has 3 nitrogen and oxygen atoms in total. The molecule has 64 valence electrons. The van der Waals surface area contributed by atoms with Gasteiger partial charge in [-0.3, -0.25) is 0 Å². The van der Waals surface area contributed by atoms with Crippen molar-refractivity contribution in [2.45, 2.75) is 13.0 Å². The van der Waals surface area contributed by atoms with Crippen LogP contribution in [0.3, 0.4) is 0 Å². The summed E-state index contributed by atoms with van der Waals surface area (Å²) in [4.78, 5) is 3.92. The van der Waals surface area contributed by atoms with Crippen LogP contribution in [0.25, 0.3) is 0 Å². The van der Waals surface area contributed by atoms with Gasteiger partial charge in [0.2, 0.25) is 0 Å². The molecule has 0 saturated heterocycles. The highest BCUT2D eigenvalue weighted by Gasteiger charge is 1.92. The van der Waals surface area contributed by atoms with E-state index in [1.165, 1.54) is 0 Å². The number of aliphatic hydroxyl groups excluding tert-OH is 1. The van der Waals surface area contributed by atoms with Crippen LogP contribution >= 0.6 is 0 Å². The van der Waals surface area contributed by atoms with Crippen molar-refractivity contribution in [2.24, 2.45) is 0 Å². The molecule has 13 heavy (non-hydrogen) atoms. The van der Waals surface area contributed by atoms with Crippen LogP contribution in [-0.4, -0.2) is 16.2 Å². The molecule has 0 aliphatic heterocycles. The molecule has 0 spiro atoms. The maximum absolute atomic E-state index is 8.87. The monoisotopic (exact) mass is 172 g/mol. The first-order valence-electron chi connectivity index (χ1n) is 3.79. The first kappa shape index (κ1) is 9.25. The van der Waals surface area contributed by atoms with E-state index in [0.717, 1.165) is 0 Å². The first-order valence-corrected chi connectivity index (χ1v) is 3.79. The third-order valence-corrected chi connectivity index (χ3v) is 1.27. The molecule has 0 saturated carbocycles. The van der Waals surface area contributed by atoms with Crippen LogP contribution in [0.1, 0.15) is 18.3 Å². The summed E-state index contributed by atoms with van der Waals surface area (Å²) in [5.41, 5.74) is 0.831. The molecule has 1 N–H and O–H groups in total. The van der Waals surface area contributed by atoms with E-state index in [2.05, 4.69) is 16.8 Å². The lowest BCUT2D eigenvalue weighted by molar-refractivity contribution is 0.253. The second-order valence-corrected chi connectivity index (χ2v) is 2.47. The maximum Gasteiger partial charge on any atom is 0.141 e. The summed E-state index contributed by atoms with van der Waals surface area (Å²) in [6.07, 6.45) is -0.674. The number of nitrogens with zero attached hydrogens (tertiary/aromatic N) is 2. The molecule has 0 radical (unpaired) electrons. The van der Waals surface area contributed by atoms with E-state index in [1.807, 2.05) is 6.07 Å². The molecule has 1 rings (SSSR count). The van der Waals surface area contributed by atoms with Gasteiger partial charge in [-0.05, 0) is 25.0 Å². The fraction of sp³-hybridized carbons (Fsp3) is 0.200. The second kappa shape index (κ2) is 4.25. The van der Waals surface area contributed by atoms with Crippen molar-refractivity contribution in [3.63, 3.8) is 0 Å². The lowest BCUT2D eigenvalue weighted by Gasteiger charge is -1.90. The van der Waals surface area contributed by atoms with Crippen molar-refractivity contribution < 1.29 is 5.11 Å². The smallest absolute Gasteiger partial charge is 0.141 e. The SMILES string of the molecule is C[C@H](O)C#Cc1cccc(C#N)n1. The van der Waals surface area contributed by atoms with Gasteiger partial charge in [0.15, 0.2) is 0 Å². The van der Waals surface area contributed by atoms with Gasteiger partial charge in [-0.2, -0.15) is 5.26 Å². The molecule has 0 bridgehead atoms. The summed E-state index contributed by atoms with van der Waals surface area (Å²) >= 11 is 0. The zero-order valence-corrected chi connectivity index (χ0v) is 7.15. The highest BCUT2D eigenvalue weighted by atomic mass is 16.3. The molecule has 0 fully saturated rings. The van der Waals surface area contributed by atoms with Gasteiger partial charge in [-0.1, -0.05) is 12.0 Å². The molecular weight excluding hydrogens is 164 g/mol. The topological polar surface area (TPSA) is 56.9 Å². The predicted octanol–water partition coefficient (Wildman–Crippen LogP) is 0.686. The zero-order valence-electron chi connectivity index (χ0n) is 7.15. The van der Waals surface area contributed by atoms with Crippen molar-refractivity contribution in [3.8, 4) is 17.9 Å². The molecule has 1 atom stereocenters. The van der Waals surface area contributed by atoms with Gasteiger partial charge in [0.25, 0.3) is 0 Å². The summed E-state index contributed by atoms with van der Waals surface area (Å²) in [6.45, 7) is 1.57. The Morgan fingerprint density at radius 1 is 1.46 bits per heavy atom. The number of hydrogen-bond acceptors (Lipinski definition) is 3. The van der Waals surface area contributed by atoms with Crippen LogP contribution in [-0.2, 0) is 0 Å². The molecule has 0 aromatic carbocycles. The number of rotatable bonds is 0. The largest absolute Gasteiger partial charge is 0.381 e. The highest BCUT2D eigenvalue weighted by Crippen LogP contribution is 1.96. The molecule has 0 aliphatic carbocycles. The second-order valence-electron chi connectivity index (χ2n) is 2.47. The highest BCUT2D eigenvalue weighted by molar-refractivity contribution is 5.32.